The van der Waals surface area contributed by atoms with Gasteiger partial charge in [-0.2, -0.15) is 0 Å². The van der Waals surface area contributed by atoms with Crippen molar-refractivity contribution in [1.29, 1.82) is 0 Å². The van der Waals surface area contributed by atoms with Crippen molar-refractivity contribution in [2.45, 2.75) is 37.8 Å². The van der Waals surface area contributed by atoms with Gasteiger partial charge in [0.05, 0.1) is 5.02 Å². The fourth-order valence-corrected chi connectivity index (χ4v) is 2.89. The summed E-state index contributed by atoms with van der Waals surface area (Å²) < 4.78 is 5.86. The Balaban J connectivity index is 1.69. The Morgan fingerprint density at radius 2 is 1.81 bits per heavy atom. The molecule has 110 valence electrons. The van der Waals surface area contributed by atoms with Gasteiger partial charge in [-0.15, -0.1) is 0 Å². The zero-order chi connectivity index (χ0) is 14.7. The lowest BCUT2D eigenvalue weighted by Gasteiger charge is -2.38. The minimum absolute atomic E-state index is 0.0233. The van der Waals surface area contributed by atoms with Crippen molar-refractivity contribution in [3.8, 4) is 5.75 Å². The summed E-state index contributed by atoms with van der Waals surface area (Å²) in [6.45, 7) is 0.526. The Kier molecular flexibility index (Phi) is 4.18. The summed E-state index contributed by atoms with van der Waals surface area (Å²) in [5, 5.41) is 0.648. The number of rotatable bonds is 5. The van der Waals surface area contributed by atoms with Crippen molar-refractivity contribution in [1.82, 2.24) is 0 Å². The van der Waals surface area contributed by atoms with E-state index in [1.807, 2.05) is 48.5 Å². The Bertz CT molecular complexity index is 608. The van der Waals surface area contributed by atoms with Gasteiger partial charge in [0.25, 0.3) is 0 Å². The first-order valence-electron chi connectivity index (χ1n) is 7.39. The molecule has 1 aliphatic rings. The summed E-state index contributed by atoms with van der Waals surface area (Å²) in [6, 6.07) is 16.1. The average Bonchev–Trinajstić information content (AvgIpc) is 2.47. The lowest BCUT2D eigenvalue weighted by molar-refractivity contribution is 0.247. The van der Waals surface area contributed by atoms with Crippen LogP contribution in [0.15, 0.2) is 48.5 Å². The van der Waals surface area contributed by atoms with Crippen molar-refractivity contribution in [2.24, 2.45) is 5.73 Å². The van der Waals surface area contributed by atoms with E-state index in [9.17, 15) is 0 Å². The molecule has 0 aliphatic heterocycles. The van der Waals surface area contributed by atoms with Crippen LogP contribution in [0, 0.1) is 0 Å². The highest BCUT2D eigenvalue weighted by Crippen LogP contribution is 2.34. The maximum atomic E-state index is 6.31. The van der Waals surface area contributed by atoms with Crippen molar-refractivity contribution >= 4 is 11.6 Å². The Morgan fingerprint density at radius 1 is 1.05 bits per heavy atom. The molecule has 2 nitrogen and oxygen atoms in total. The van der Waals surface area contributed by atoms with Crippen LogP contribution in [0.5, 0.6) is 5.75 Å². The van der Waals surface area contributed by atoms with Crippen molar-refractivity contribution in [3.63, 3.8) is 0 Å². The predicted molar refractivity (Wildman–Crippen MR) is 86.7 cm³/mol. The molecule has 1 saturated carbocycles. The molecular formula is C18H20ClNO. The van der Waals surface area contributed by atoms with Crippen LogP contribution >= 0.6 is 11.6 Å². The van der Waals surface area contributed by atoms with E-state index < -0.39 is 0 Å². The van der Waals surface area contributed by atoms with E-state index in [-0.39, 0.29) is 5.54 Å². The quantitative estimate of drug-likeness (QED) is 0.891. The first-order chi connectivity index (χ1) is 10.1. The van der Waals surface area contributed by atoms with Gasteiger partial charge in [-0.3, -0.25) is 0 Å². The number of hydrogen-bond acceptors (Lipinski definition) is 2. The first kappa shape index (κ1) is 14.4. The highest BCUT2D eigenvalue weighted by molar-refractivity contribution is 6.32. The van der Waals surface area contributed by atoms with Crippen LogP contribution in [0.4, 0.5) is 0 Å². The van der Waals surface area contributed by atoms with Crippen LogP contribution in [-0.4, -0.2) is 5.54 Å². The maximum absolute atomic E-state index is 6.31. The summed E-state index contributed by atoms with van der Waals surface area (Å²) >= 11 is 6.23. The van der Waals surface area contributed by atoms with E-state index in [0.29, 0.717) is 11.6 Å². The monoisotopic (exact) mass is 301 g/mol. The summed E-state index contributed by atoms with van der Waals surface area (Å²) in [6.07, 6.45) is 4.35. The predicted octanol–water partition coefficient (Wildman–Crippen LogP) is 4.34. The van der Waals surface area contributed by atoms with Crippen LogP contribution in [0.2, 0.25) is 5.02 Å². The van der Waals surface area contributed by atoms with Gasteiger partial charge in [0.2, 0.25) is 0 Å². The van der Waals surface area contributed by atoms with Gasteiger partial charge in [-0.05, 0) is 48.9 Å². The minimum Gasteiger partial charge on any atom is -0.487 e. The zero-order valence-electron chi connectivity index (χ0n) is 12.0. The molecule has 21 heavy (non-hydrogen) atoms. The molecule has 1 aliphatic carbocycles. The third-order valence-electron chi connectivity index (χ3n) is 4.14. The second-order valence-electron chi connectivity index (χ2n) is 5.93. The van der Waals surface area contributed by atoms with Crippen LogP contribution < -0.4 is 10.5 Å². The second kappa shape index (κ2) is 6.08. The van der Waals surface area contributed by atoms with Crippen molar-refractivity contribution < 1.29 is 4.74 Å². The van der Waals surface area contributed by atoms with Gasteiger partial charge in [0.15, 0.2) is 0 Å². The highest BCUT2D eigenvalue weighted by Gasteiger charge is 2.32. The fraction of sp³-hybridized carbons (Fsp3) is 0.333. The lowest BCUT2D eigenvalue weighted by Crippen LogP contribution is -2.48. The standard InChI is InChI=1S/C18H20ClNO/c19-16-8-7-15(12-18(20)9-4-10-18)11-17(16)21-13-14-5-2-1-3-6-14/h1-3,5-8,11H,4,9-10,12-13,20H2. The first-order valence-corrected chi connectivity index (χ1v) is 7.76. The Labute approximate surface area is 130 Å². The number of halogens is 1. The molecule has 0 saturated heterocycles. The molecule has 2 N–H and O–H groups in total. The maximum Gasteiger partial charge on any atom is 0.138 e. The number of hydrogen-bond donors (Lipinski definition) is 1. The van der Waals surface area contributed by atoms with Gasteiger partial charge in [0, 0.05) is 5.54 Å². The topological polar surface area (TPSA) is 35.2 Å². The molecule has 0 spiro atoms. The molecule has 0 aromatic heterocycles. The van der Waals surface area contributed by atoms with Crippen molar-refractivity contribution in [3.05, 3.63) is 64.7 Å². The summed E-state index contributed by atoms with van der Waals surface area (Å²) in [5.41, 5.74) is 8.62. The second-order valence-corrected chi connectivity index (χ2v) is 6.34. The molecule has 0 amide bonds. The molecule has 0 atom stereocenters. The van der Waals surface area contributed by atoms with Gasteiger partial charge < -0.3 is 10.5 Å². The van der Waals surface area contributed by atoms with E-state index in [2.05, 4.69) is 0 Å². The molecule has 2 aromatic rings. The molecule has 0 heterocycles. The van der Waals surface area contributed by atoms with Crippen LogP contribution in [0.25, 0.3) is 0 Å². The molecule has 3 rings (SSSR count). The van der Waals surface area contributed by atoms with E-state index in [4.69, 9.17) is 22.1 Å². The number of ether oxygens (including phenoxy) is 1. The Morgan fingerprint density at radius 3 is 2.48 bits per heavy atom. The molecule has 2 aromatic carbocycles. The van der Waals surface area contributed by atoms with Gasteiger partial charge in [-0.25, -0.2) is 0 Å². The fourth-order valence-electron chi connectivity index (χ4n) is 2.72. The number of nitrogens with two attached hydrogens (primary N) is 1. The van der Waals surface area contributed by atoms with Gasteiger partial charge in [0.1, 0.15) is 12.4 Å². The van der Waals surface area contributed by atoms with E-state index in [0.717, 1.165) is 30.6 Å². The number of benzene rings is 2. The normalized spacial score (nSPS) is 16.3. The smallest absolute Gasteiger partial charge is 0.138 e. The lowest BCUT2D eigenvalue weighted by atomic mass is 9.74. The van der Waals surface area contributed by atoms with E-state index >= 15 is 0 Å². The van der Waals surface area contributed by atoms with E-state index in [1.165, 1.54) is 12.0 Å². The van der Waals surface area contributed by atoms with E-state index in [1.54, 1.807) is 0 Å². The third kappa shape index (κ3) is 3.58. The van der Waals surface area contributed by atoms with Gasteiger partial charge in [-0.1, -0.05) is 48.0 Å². The molecule has 1 fully saturated rings. The molecule has 3 heteroatoms. The Hall–Kier alpha value is -1.51. The van der Waals surface area contributed by atoms with Crippen LogP contribution in [0.1, 0.15) is 30.4 Å². The molecule has 0 radical (unpaired) electrons. The van der Waals surface area contributed by atoms with Crippen LogP contribution in [-0.2, 0) is 13.0 Å². The summed E-state index contributed by atoms with van der Waals surface area (Å²) in [5.74, 6) is 0.737. The molecular weight excluding hydrogens is 282 g/mol. The third-order valence-corrected chi connectivity index (χ3v) is 4.45. The van der Waals surface area contributed by atoms with Crippen molar-refractivity contribution in [2.75, 3.05) is 0 Å². The summed E-state index contributed by atoms with van der Waals surface area (Å²) in [7, 11) is 0. The SMILES string of the molecule is NC1(Cc2ccc(Cl)c(OCc3ccccc3)c2)CCC1. The highest BCUT2D eigenvalue weighted by atomic mass is 35.5. The zero-order valence-corrected chi connectivity index (χ0v) is 12.8. The average molecular weight is 302 g/mol. The molecule has 0 unspecified atom stereocenters. The van der Waals surface area contributed by atoms with Gasteiger partial charge >= 0.3 is 0 Å². The molecule has 0 bridgehead atoms. The largest absolute Gasteiger partial charge is 0.487 e. The summed E-state index contributed by atoms with van der Waals surface area (Å²) in [4.78, 5) is 0. The van der Waals surface area contributed by atoms with Crippen LogP contribution in [0.3, 0.4) is 0 Å². The minimum atomic E-state index is -0.0233.